The van der Waals surface area contributed by atoms with Crippen molar-refractivity contribution in [1.82, 2.24) is 4.98 Å². The van der Waals surface area contributed by atoms with Gasteiger partial charge in [0.15, 0.2) is 0 Å². The molecule has 0 aliphatic carbocycles. The summed E-state index contributed by atoms with van der Waals surface area (Å²) in [5.41, 5.74) is 6.94. The molecule has 7 heteroatoms. The lowest BCUT2D eigenvalue weighted by molar-refractivity contribution is -0.138. The van der Waals surface area contributed by atoms with Crippen molar-refractivity contribution in [2.45, 2.75) is 12.5 Å². The first-order valence-electron chi connectivity index (χ1n) is 4.86. The molecule has 0 aliphatic heterocycles. The molecule has 1 heterocycles. The number of hydrogen-bond acceptors (Lipinski definition) is 3. The number of carbonyl (C=O) groups is 1. The van der Waals surface area contributed by atoms with Gasteiger partial charge in [0.1, 0.15) is 11.8 Å². The van der Waals surface area contributed by atoms with Gasteiger partial charge in [-0.05, 0) is 17.7 Å². The van der Waals surface area contributed by atoms with Gasteiger partial charge < -0.3 is 20.9 Å². The number of nitrogens with one attached hydrogen (secondary N) is 1. The third-order valence-electron chi connectivity index (χ3n) is 2.52. The summed E-state index contributed by atoms with van der Waals surface area (Å²) in [6, 6.07) is 4.13. The summed E-state index contributed by atoms with van der Waals surface area (Å²) in [6.45, 7) is 0. The Morgan fingerprint density at radius 1 is 1.39 bits per heavy atom. The van der Waals surface area contributed by atoms with Crippen LogP contribution in [0.2, 0.25) is 0 Å². The van der Waals surface area contributed by atoms with Gasteiger partial charge in [-0.3, -0.25) is 4.79 Å². The van der Waals surface area contributed by atoms with Crippen molar-refractivity contribution in [2.75, 3.05) is 0 Å². The largest absolute Gasteiger partial charge is 0.507 e. The third kappa shape index (κ3) is 3.07. The monoisotopic (exact) mass is 292 g/mol. The zero-order chi connectivity index (χ0) is 11.7. The van der Waals surface area contributed by atoms with E-state index in [0.29, 0.717) is 10.9 Å². The first-order valence-corrected chi connectivity index (χ1v) is 4.86. The minimum absolute atomic E-state index is 0. The second kappa shape index (κ2) is 6.49. The summed E-state index contributed by atoms with van der Waals surface area (Å²) in [4.78, 5) is 13.6. The van der Waals surface area contributed by atoms with E-state index >= 15 is 0 Å². The van der Waals surface area contributed by atoms with Gasteiger partial charge in [0.05, 0.1) is 0 Å². The summed E-state index contributed by atoms with van der Waals surface area (Å²) in [5, 5.41) is 19.0. The van der Waals surface area contributed by atoms with E-state index in [1.165, 1.54) is 0 Å². The average Bonchev–Trinajstić information content (AvgIpc) is 2.63. The molecule has 2 aromatic rings. The first-order chi connectivity index (χ1) is 7.59. The molecule has 0 amide bonds. The fourth-order valence-electron chi connectivity index (χ4n) is 1.72. The smallest absolute Gasteiger partial charge is 0.320 e. The number of aromatic amines is 1. The highest BCUT2D eigenvalue weighted by atomic mass is 35.5. The Balaban J connectivity index is 0.00000144. The normalized spacial score (nSPS) is 11.4. The summed E-state index contributed by atoms with van der Waals surface area (Å²) in [7, 11) is 0. The number of nitrogens with two attached hydrogens (primary N) is 1. The van der Waals surface area contributed by atoms with Crippen LogP contribution in [0.1, 0.15) is 5.56 Å². The minimum Gasteiger partial charge on any atom is -0.507 e. The number of benzene rings is 1. The molecule has 1 aromatic heterocycles. The van der Waals surface area contributed by atoms with E-state index in [0.717, 1.165) is 5.52 Å². The molecule has 5 N–H and O–H groups in total. The highest BCUT2D eigenvalue weighted by molar-refractivity contribution is 5.89. The number of aliphatic carboxylic acids is 1. The highest BCUT2D eigenvalue weighted by Gasteiger charge is 2.16. The molecule has 1 unspecified atom stereocenters. The fourth-order valence-corrected chi connectivity index (χ4v) is 1.72. The van der Waals surface area contributed by atoms with Crippen LogP contribution in [0.3, 0.4) is 0 Å². The van der Waals surface area contributed by atoms with Crippen LogP contribution in [-0.2, 0) is 11.2 Å². The molecule has 0 bridgehead atoms. The van der Waals surface area contributed by atoms with Gasteiger partial charge in [0.25, 0.3) is 0 Å². The predicted octanol–water partition coefficient (Wildman–Crippen LogP) is 1.67. The number of hydrogen-bond donors (Lipinski definition) is 4. The number of phenolic OH excluding ortho intramolecular Hbond substituents is 1. The summed E-state index contributed by atoms with van der Waals surface area (Å²) < 4.78 is 0. The van der Waals surface area contributed by atoms with Crippen LogP contribution in [0.15, 0.2) is 24.4 Å². The van der Waals surface area contributed by atoms with Gasteiger partial charge in [-0.15, -0.1) is 24.8 Å². The Morgan fingerprint density at radius 3 is 2.67 bits per heavy atom. The number of halogens is 2. The van der Waals surface area contributed by atoms with E-state index < -0.39 is 12.0 Å². The van der Waals surface area contributed by atoms with Crippen LogP contribution in [0.5, 0.6) is 5.75 Å². The second-order valence-electron chi connectivity index (χ2n) is 3.66. The zero-order valence-corrected chi connectivity index (χ0v) is 10.9. The van der Waals surface area contributed by atoms with E-state index in [4.69, 9.17) is 10.8 Å². The van der Waals surface area contributed by atoms with Gasteiger partial charge in [-0.1, -0.05) is 6.07 Å². The van der Waals surface area contributed by atoms with Gasteiger partial charge in [-0.2, -0.15) is 0 Å². The van der Waals surface area contributed by atoms with Crippen molar-refractivity contribution in [1.29, 1.82) is 0 Å². The second-order valence-corrected chi connectivity index (χ2v) is 3.66. The minimum atomic E-state index is -1.05. The maximum Gasteiger partial charge on any atom is 0.320 e. The maximum absolute atomic E-state index is 10.6. The molecule has 0 fully saturated rings. The van der Waals surface area contributed by atoms with Crippen molar-refractivity contribution >= 4 is 41.7 Å². The Morgan fingerprint density at radius 2 is 2.06 bits per heavy atom. The van der Waals surface area contributed by atoms with E-state index in [1.807, 2.05) is 6.07 Å². The molecule has 0 saturated carbocycles. The first kappa shape index (κ1) is 16.6. The molecule has 0 spiro atoms. The van der Waals surface area contributed by atoms with Crippen LogP contribution < -0.4 is 5.73 Å². The van der Waals surface area contributed by atoms with Crippen LogP contribution in [-0.4, -0.2) is 27.2 Å². The van der Waals surface area contributed by atoms with Crippen molar-refractivity contribution in [2.24, 2.45) is 5.73 Å². The fraction of sp³-hybridized carbons (Fsp3) is 0.182. The molecular weight excluding hydrogens is 279 g/mol. The van der Waals surface area contributed by atoms with Crippen LogP contribution >= 0.6 is 24.8 Å². The van der Waals surface area contributed by atoms with E-state index in [9.17, 15) is 9.90 Å². The Bertz CT molecular complexity index is 542. The van der Waals surface area contributed by atoms with Crippen molar-refractivity contribution < 1.29 is 15.0 Å². The van der Waals surface area contributed by atoms with Crippen molar-refractivity contribution in [3.8, 4) is 5.75 Å². The number of fused-ring (bicyclic) bond motifs is 1. The number of carboxylic acids is 1. The number of aromatic nitrogens is 1. The van der Waals surface area contributed by atoms with Crippen LogP contribution in [0.4, 0.5) is 0 Å². The number of rotatable bonds is 3. The van der Waals surface area contributed by atoms with Gasteiger partial charge in [0.2, 0.25) is 0 Å². The maximum atomic E-state index is 10.6. The lowest BCUT2D eigenvalue weighted by Gasteiger charge is -2.05. The topological polar surface area (TPSA) is 99.3 Å². The van der Waals surface area contributed by atoms with Crippen LogP contribution in [0.25, 0.3) is 10.9 Å². The molecule has 1 atom stereocenters. The summed E-state index contributed by atoms with van der Waals surface area (Å²) >= 11 is 0. The van der Waals surface area contributed by atoms with Crippen molar-refractivity contribution in [3.63, 3.8) is 0 Å². The predicted molar refractivity (Wildman–Crippen MR) is 73.8 cm³/mol. The Kier molecular flexibility index (Phi) is 5.97. The van der Waals surface area contributed by atoms with Gasteiger partial charge in [-0.25, -0.2) is 0 Å². The zero-order valence-electron chi connectivity index (χ0n) is 9.29. The molecule has 0 radical (unpaired) electrons. The molecule has 0 saturated heterocycles. The lowest BCUT2D eigenvalue weighted by atomic mass is 10.1. The van der Waals surface area contributed by atoms with E-state index in [1.54, 1.807) is 18.3 Å². The Hall–Kier alpha value is -1.43. The number of phenols is 1. The molecule has 2 rings (SSSR count). The quantitative estimate of drug-likeness (QED) is 0.691. The standard InChI is InChI=1S/C11H12N2O3.2ClH/c12-7(11(15)16)4-6-5-13-8-2-1-3-9(14)10(6)8;;/h1-3,5,7,13-14H,4,12H2,(H,15,16);2*1H. The van der Waals surface area contributed by atoms with Gasteiger partial charge >= 0.3 is 5.97 Å². The lowest BCUT2D eigenvalue weighted by Crippen LogP contribution is -2.32. The molecule has 100 valence electrons. The number of H-pyrrole nitrogens is 1. The van der Waals surface area contributed by atoms with E-state index in [2.05, 4.69) is 4.98 Å². The molecule has 1 aromatic carbocycles. The van der Waals surface area contributed by atoms with Gasteiger partial charge in [0, 0.05) is 23.5 Å². The summed E-state index contributed by atoms with van der Waals surface area (Å²) in [5.74, 6) is -0.920. The summed E-state index contributed by atoms with van der Waals surface area (Å²) in [6.07, 6.45) is 1.86. The molecular formula is C11H14Cl2N2O3. The van der Waals surface area contributed by atoms with Crippen molar-refractivity contribution in [3.05, 3.63) is 30.0 Å². The molecule has 18 heavy (non-hydrogen) atoms. The highest BCUT2D eigenvalue weighted by Crippen LogP contribution is 2.28. The SMILES string of the molecule is Cl.Cl.NC(Cc1c[nH]c2cccc(O)c12)C(=O)O. The third-order valence-corrected chi connectivity index (χ3v) is 2.52. The molecule has 5 nitrogen and oxygen atoms in total. The average molecular weight is 293 g/mol. The molecule has 0 aliphatic rings. The van der Waals surface area contributed by atoms with E-state index in [-0.39, 0.29) is 37.0 Å². The Labute approximate surface area is 116 Å². The number of aromatic hydroxyl groups is 1. The van der Waals surface area contributed by atoms with Crippen LogP contribution in [0, 0.1) is 0 Å². The number of carboxylic acid groups (broad SMARTS) is 1.